The number of benzene rings is 2. The SMILES string of the molecule is COc1cc(C)c(S(=O)(=O)NCc2ccc(OC(C)C)cc2)c(C)c1. The van der Waals surface area contributed by atoms with E-state index in [1.54, 1.807) is 33.1 Å². The second-order valence-corrected chi connectivity index (χ2v) is 7.93. The maximum atomic E-state index is 12.7. The van der Waals surface area contributed by atoms with Gasteiger partial charge in [0.05, 0.1) is 18.1 Å². The summed E-state index contributed by atoms with van der Waals surface area (Å²) < 4.78 is 38.8. The Labute approximate surface area is 150 Å². The first-order chi connectivity index (χ1) is 11.7. The number of aryl methyl sites for hydroxylation is 2. The van der Waals surface area contributed by atoms with E-state index >= 15 is 0 Å². The molecule has 2 rings (SSSR count). The topological polar surface area (TPSA) is 64.6 Å². The van der Waals surface area contributed by atoms with Crippen LogP contribution in [0.5, 0.6) is 11.5 Å². The van der Waals surface area contributed by atoms with Gasteiger partial charge in [-0.1, -0.05) is 12.1 Å². The lowest BCUT2D eigenvalue weighted by atomic mass is 10.1. The van der Waals surface area contributed by atoms with Crippen molar-refractivity contribution < 1.29 is 17.9 Å². The fourth-order valence-corrected chi connectivity index (χ4v) is 4.13. The van der Waals surface area contributed by atoms with Crippen molar-refractivity contribution in [1.82, 2.24) is 4.72 Å². The number of nitrogens with one attached hydrogen (secondary N) is 1. The Hall–Kier alpha value is -2.05. The zero-order valence-electron chi connectivity index (χ0n) is 15.3. The van der Waals surface area contributed by atoms with Crippen LogP contribution < -0.4 is 14.2 Å². The van der Waals surface area contributed by atoms with Crippen molar-refractivity contribution in [3.05, 3.63) is 53.1 Å². The Morgan fingerprint density at radius 1 is 1.00 bits per heavy atom. The van der Waals surface area contributed by atoms with E-state index in [1.165, 1.54) is 0 Å². The molecule has 6 heteroatoms. The molecule has 0 atom stereocenters. The molecule has 25 heavy (non-hydrogen) atoms. The summed E-state index contributed by atoms with van der Waals surface area (Å²) in [7, 11) is -2.05. The van der Waals surface area contributed by atoms with Crippen LogP contribution in [0.2, 0.25) is 0 Å². The van der Waals surface area contributed by atoms with Gasteiger partial charge in [-0.25, -0.2) is 13.1 Å². The van der Waals surface area contributed by atoms with Gasteiger partial charge in [0.25, 0.3) is 0 Å². The van der Waals surface area contributed by atoms with Crippen LogP contribution in [-0.2, 0) is 16.6 Å². The molecule has 2 aromatic carbocycles. The second-order valence-electron chi connectivity index (χ2n) is 6.23. The number of methoxy groups -OCH3 is 1. The van der Waals surface area contributed by atoms with Crippen molar-refractivity contribution >= 4 is 10.0 Å². The molecule has 0 aliphatic rings. The summed E-state index contributed by atoms with van der Waals surface area (Å²) in [6.07, 6.45) is 0.102. The van der Waals surface area contributed by atoms with Gasteiger partial charge in [0.2, 0.25) is 10.0 Å². The van der Waals surface area contributed by atoms with Crippen LogP contribution in [0.25, 0.3) is 0 Å². The normalized spacial score (nSPS) is 11.6. The molecule has 0 bridgehead atoms. The third kappa shape index (κ3) is 4.96. The molecule has 0 spiro atoms. The van der Waals surface area contributed by atoms with Gasteiger partial charge in [0.15, 0.2) is 0 Å². The molecule has 136 valence electrons. The predicted octanol–water partition coefficient (Wildman–Crippen LogP) is 3.58. The first kappa shape index (κ1) is 19.3. The Kier molecular flexibility index (Phi) is 6.08. The van der Waals surface area contributed by atoms with Crippen molar-refractivity contribution in [2.75, 3.05) is 7.11 Å². The highest BCUT2D eigenvalue weighted by molar-refractivity contribution is 7.89. The summed E-state index contributed by atoms with van der Waals surface area (Å²) in [5, 5.41) is 0. The van der Waals surface area contributed by atoms with Crippen LogP contribution in [0, 0.1) is 13.8 Å². The zero-order chi connectivity index (χ0) is 18.6. The van der Waals surface area contributed by atoms with E-state index in [2.05, 4.69) is 4.72 Å². The van der Waals surface area contributed by atoms with Crippen molar-refractivity contribution in [1.29, 1.82) is 0 Å². The molecule has 0 heterocycles. The quantitative estimate of drug-likeness (QED) is 0.817. The highest BCUT2D eigenvalue weighted by Crippen LogP contribution is 2.25. The molecule has 0 aromatic heterocycles. The minimum absolute atomic E-state index is 0.102. The predicted molar refractivity (Wildman–Crippen MR) is 98.7 cm³/mol. The molecule has 0 saturated carbocycles. The van der Waals surface area contributed by atoms with Gasteiger partial charge in [-0.3, -0.25) is 0 Å². The molecule has 0 saturated heterocycles. The first-order valence-corrected chi connectivity index (χ1v) is 9.61. The molecule has 0 radical (unpaired) electrons. The van der Waals surface area contributed by atoms with E-state index in [9.17, 15) is 8.42 Å². The largest absolute Gasteiger partial charge is 0.497 e. The van der Waals surface area contributed by atoms with Crippen LogP contribution in [0.4, 0.5) is 0 Å². The van der Waals surface area contributed by atoms with E-state index in [4.69, 9.17) is 9.47 Å². The van der Waals surface area contributed by atoms with Gasteiger partial charge in [-0.15, -0.1) is 0 Å². The van der Waals surface area contributed by atoms with Crippen LogP contribution in [-0.4, -0.2) is 21.6 Å². The number of ether oxygens (including phenoxy) is 2. The summed E-state index contributed by atoms with van der Waals surface area (Å²) in [6.45, 7) is 7.67. The number of hydrogen-bond acceptors (Lipinski definition) is 4. The highest BCUT2D eigenvalue weighted by Gasteiger charge is 2.20. The van der Waals surface area contributed by atoms with Gasteiger partial charge in [-0.2, -0.15) is 0 Å². The van der Waals surface area contributed by atoms with Gasteiger partial charge in [-0.05, 0) is 68.7 Å². The number of sulfonamides is 1. The van der Waals surface area contributed by atoms with Crippen LogP contribution in [0.1, 0.15) is 30.5 Å². The molecule has 0 fully saturated rings. The van der Waals surface area contributed by atoms with E-state index in [-0.39, 0.29) is 12.6 Å². The maximum Gasteiger partial charge on any atom is 0.241 e. The lowest BCUT2D eigenvalue weighted by Crippen LogP contribution is -2.24. The third-order valence-corrected chi connectivity index (χ3v) is 5.41. The summed E-state index contributed by atoms with van der Waals surface area (Å²) in [6, 6.07) is 10.8. The Morgan fingerprint density at radius 3 is 2.04 bits per heavy atom. The van der Waals surface area contributed by atoms with Crippen molar-refractivity contribution in [2.24, 2.45) is 0 Å². The Bertz CT molecular complexity index is 804. The van der Waals surface area contributed by atoms with Gasteiger partial charge >= 0.3 is 0 Å². The molecular formula is C19H25NO4S. The number of hydrogen-bond donors (Lipinski definition) is 1. The molecule has 0 aliphatic heterocycles. The standard InChI is InChI=1S/C19H25NO4S/c1-13(2)24-17-8-6-16(7-9-17)12-20-25(21,22)19-14(3)10-18(23-5)11-15(19)4/h6-11,13,20H,12H2,1-5H3. The van der Waals surface area contributed by atoms with Crippen LogP contribution >= 0.6 is 0 Å². The molecule has 1 N–H and O–H groups in total. The Morgan fingerprint density at radius 2 is 1.56 bits per heavy atom. The van der Waals surface area contributed by atoms with Gasteiger partial charge in [0.1, 0.15) is 11.5 Å². The van der Waals surface area contributed by atoms with E-state index in [1.807, 2.05) is 38.1 Å². The number of rotatable bonds is 7. The van der Waals surface area contributed by atoms with Crippen molar-refractivity contribution in [3.63, 3.8) is 0 Å². The fourth-order valence-electron chi connectivity index (χ4n) is 2.66. The van der Waals surface area contributed by atoms with Crippen molar-refractivity contribution in [3.8, 4) is 11.5 Å². The Balaban J connectivity index is 2.14. The maximum absolute atomic E-state index is 12.7. The van der Waals surface area contributed by atoms with Crippen LogP contribution in [0.15, 0.2) is 41.3 Å². The smallest absolute Gasteiger partial charge is 0.241 e. The summed E-state index contributed by atoms with van der Waals surface area (Å²) in [4.78, 5) is 0.299. The molecule has 0 amide bonds. The molecule has 0 aliphatic carbocycles. The lowest BCUT2D eigenvalue weighted by molar-refractivity contribution is 0.242. The average Bonchev–Trinajstić information content (AvgIpc) is 2.52. The average molecular weight is 363 g/mol. The summed E-state index contributed by atoms with van der Waals surface area (Å²) >= 11 is 0. The zero-order valence-corrected chi connectivity index (χ0v) is 16.1. The van der Waals surface area contributed by atoms with Crippen LogP contribution in [0.3, 0.4) is 0 Å². The second kappa shape index (κ2) is 7.89. The van der Waals surface area contributed by atoms with Gasteiger partial charge in [0, 0.05) is 6.54 Å². The monoisotopic (exact) mass is 363 g/mol. The van der Waals surface area contributed by atoms with Gasteiger partial charge < -0.3 is 9.47 Å². The molecule has 2 aromatic rings. The summed E-state index contributed by atoms with van der Waals surface area (Å²) in [5.74, 6) is 1.41. The minimum atomic E-state index is -3.61. The minimum Gasteiger partial charge on any atom is -0.497 e. The molecule has 0 unspecified atom stereocenters. The first-order valence-electron chi connectivity index (χ1n) is 8.13. The van der Waals surface area contributed by atoms with E-state index in [0.717, 1.165) is 11.3 Å². The molecular weight excluding hydrogens is 338 g/mol. The summed E-state index contributed by atoms with van der Waals surface area (Å²) in [5.41, 5.74) is 2.18. The fraction of sp³-hybridized carbons (Fsp3) is 0.368. The van der Waals surface area contributed by atoms with E-state index < -0.39 is 10.0 Å². The molecule has 5 nitrogen and oxygen atoms in total. The highest BCUT2D eigenvalue weighted by atomic mass is 32.2. The lowest BCUT2D eigenvalue weighted by Gasteiger charge is -2.14. The van der Waals surface area contributed by atoms with E-state index in [0.29, 0.717) is 21.8 Å². The van der Waals surface area contributed by atoms with Crippen molar-refractivity contribution in [2.45, 2.75) is 45.2 Å². The third-order valence-electron chi connectivity index (χ3n) is 3.70.